The van der Waals surface area contributed by atoms with Crippen LogP contribution in [0.2, 0.25) is 0 Å². The number of hydrogen-bond donors (Lipinski definition) is 2. The second-order valence-corrected chi connectivity index (χ2v) is 9.86. The first-order valence-corrected chi connectivity index (χ1v) is 12.9. The Kier molecular flexibility index (Phi) is 8.45. The number of carboxylic acids is 1. The van der Waals surface area contributed by atoms with Gasteiger partial charge in [-0.1, -0.05) is 25.1 Å². The van der Waals surface area contributed by atoms with Gasteiger partial charge < -0.3 is 24.1 Å². The van der Waals surface area contributed by atoms with Crippen LogP contribution in [-0.2, 0) is 22.6 Å². The molecule has 0 saturated heterocycles. The molecule has 0 spiro atoms. The van der Waals surface area contributed by atoms with E-state index in [0.29, 0.717) is 33.2 Å². The predicted molar refractivity (Wildman–Crippen MR) is 141 cm³/mol. The molecule has 38 heavy (non-hydrogen) atoms. The lowest BCUT2D eigenvalue weighted by Gasteiger charge is -2.23. The number of carboxylic acid groups (broad SMARTS) is 1. The summed E-state index contributed by atoms with van der Waals surface area (Å²) in [5.74, 6) is -1.33. The molecule has 11 nitrogen and oxygen atoms in total. The first-order chi connectivity index (χ1) is 18.3. The number of aromatic nitrogens is 3. The van der Waals surface area contributed by atoms with Crippen LogP contribution < -0.4 is 16.0 Å². The molecule has 0 bridgehead atoms. The fourth-order valence-corrected chi connectivity index (χ4v) is 5.42. The van der Waals surface area contributed by atoms with Crippen LogP contribution in [-0.4, -0.2) is 50.1 Å². The fourth-order valence-electron chi connectivity index (χ4n) is 4.29. The molecule has 2 N–H and O–H groups in total. The standard InChI is InChI=1S/C26H29N3O8S/c1-4-35-18-8-6-5-7-17(18)19(36-12-10-30)14-29-24-21(20(16(3)38-24)22-27-9-11-37-22)23(31)28(26(29)34)13-15(2)25(32)33/h5-9,11,15,19,30H,4,10,12-14H2,1-3H3,(H,32,33)/t15?,19-/m0/s1. The van der Waals surface area contributed by atoms with E-state index in [0.717, 1.165) is 4.57 Å². The average molecular weight is 544 g/mol. The smallest absolute Gasteiger partial charge is 0.332 e. The van der Waals surface area contributed by atoms with Crippen molar-refractivity contribution in [1.29, 1.82) is 0 Å². The van der Waals surface area contributed by atoms with Gasteiger partial charge in [-0.15, -0.1) is 11.3 Å². The van der Waals surface area contributed by atoms with Crippen LogP contribution in [0.1, 0.15) is 30.4 Å². The lowest BCUT2D eigenvalue weighted by molar-refractivity contribution is -0.141. The van der Waals surface area contributed by atoms with E-state index in [4.69, 9.17) is 13.9 Å². The molecule has 4 aromatic rings. The van der Waals surface area contributed by atoms with Crippen molar-refractivity contribution >= 4 is 27.5 Å². The molecular weight excluding hydrogens is 514 g/mol. The molecule has 1 unspecified atom stereocenters. The number of nitrogens with zero attached hydrogens (tertiary/aromatic N) is 3. The summed E-state index contributed by atoms with van der Waals surface area (Å²) in [4.78, 5) is 44.4. The molecule has 3 heterocycles. The molecule has 202 valence electrons. The highest BCUT2D eigenvalue weighted by Crippen LogP contribution is 2.36. The van der Waals surface area contributed by atoms with Crippen molar-refractivity contribution in [3.8, 4) is 17.2 Å². The number of oxazole rings is 1. The number of aliphatic hydroxyl groups excluding tert-OH is 1. The van der Waals surface area contributed by atoms with Crippen LogP contribution in [0.25, 0.3) is 21.7 Å². The van der Waals surface area contributed by atoms with Gasteiger partial charge in [0.15, 0.2) is 0 Å². The van der Waals surface area contributed by atoms with Crippen LogP contribution in [0.3, 0.4) is 0 Å². The van der Waals surface area contributed by atoms with Crippen molar-refractivity contribution in [2.45, 2.75) is 40.0 Å². The van der Waals surface area contributed by atoms with E-state index in [2.05, 4.69) is 4.98 Å². The summed E-state index contributed by atoms with van der Waals surface area (Å²) < 4.78 is 19.6. The molecule has 4 rings (SSSR count). The molecule has 0 radical (unpaired) electrons. The van der Waals surface area contributed by atoms with Crippen molar-refractivity contribution in [2.75, 3.05) is 19.8 Å². The Labute approximate surface area is 221 Å². The van der Waals surface area contributed by atoms with Gasteiger partial charge in [0.05, 0.1) is 49.4 Å². The summed E-state index contributed by atoms with van der Waals surface area (Å²) in [6, 6.07) is 7.24. The van der Waals surface area contributed by atoms with Crippen LogP contribution >= 0.6 is 11.3 Å². The predicted octanol–water partition coefficient (Wildman–Crippen LogP) is 3.06. The normalized spacial score (nSPS) is 13.1. The van der Waals surface area contributed by atoms with Gasteiger partial charge in [-0.3, -0.25) is 18.7 Å². The fraction of sp³-hybridized carbons (Fsp3) is 0.385. The molecule has 0 amide bonds. The number of benzene rings is 1. The number of thiophene rings is 1. The van der Waals surface area contributed by atoms with Crippen molar-refractivity contribution in [1.82, 2.24) is 14.1 Å². The molecular formula is C26H29N3O8S. The topological polar surface area (TPSA) is 146 Å². The summed E-state index contributed by atoms with van der Waals surface area (Å²) in [5.41, 5.74) is -0.162. The van der Waals surface area contributed by atoms with Gasteiger partial charge in [-0.2, -0.15) is 0 Å². The number of aryl methyl sites for hydroxylation is 1. The highest BCUT2D eigenvalue weighted by molar-refractivity contribution is 7.19. The minimum absolute atomic E-state index is 0.00371. The minimum atomic E-state index is -1.13. The third kappa shape index (κ3) is 5.28. The second kappa shape index (κ2) is 11.8. The first kappa shape index (κ1) is 27.3. The van der Waals surface area contributed by atoms with Gasteiger partial charge in [0.1, 0.15) is 22.9 Å². The molecule has 0 saturated carbocycles. The van der Waals surface area contributed by atoms with Gasteiger partial charge >= 0.3 is 11.7 Å². The Morgan fingerprint density at radius 3 is 2.63 bits per heavy atom. The monoisotopic (exact) mass is 543 g/mol. The zero-order valence-corrected chi connectivity index (χ0v) is 22.1. The molecule has 0 aliphatic rings. The molecule has 0 aliphatic heterocycles. The summed E-state index contributed by atoms with van der Waals surface area (Å²) >= 11 is 1.24. The van der Waals surface area contributed by atoms with Crippen molar-refractivity contribution < 1.29 is 28.9 Å². The summed E-state index contributed by atoms with van der Waals surface area (Å²) in [7, 11) is 0. The summed E-state index contributed by atoms with van der Waals surface area (Å²) in [6.07, 6.45) is 2.13. The number of carbonyl (C=O) groups is 1. The van der Waals surface area contributed by atoms with Gasteiger partial charge in [0, 0.05) is 17.0 Å². The van der Waals surface area contributed by atoms with Gasteiger partial charge in [-0.25, -0.2) is 9.78 Å². The maximum absolute atomic E-state index is 13.8. The largest absolute Gasteiger partial charge is 0.493 e. The van der Waals surface area contributed by atoms with E-state index in [9.17, 15) is 24.6 Å². The van der Waals surface area contributed by atoms with Crippen LogP contribution in [0.4, 0.5) is 0 Å². The zero-order chi connectivity index (χ0) is 27.4. The first-order valence-electron chi connectivity index (χ1n) is 12.1. The highest BCUT2D eigenvalue weighted by atomic mass is 32.1. The Hall–Kier alpha value is -3.74. The van der Waals surface area contributed by atoms with Crippen molar-refractivity contribution in [3.05, 3.63) is 68.0 Å². The van der Waals surface area contributed by atoms with Crippen LogP contribution in [0, 0.1) is 12.8 Å². The number of para-hydroxylation sites is 1. The molecule has 12 heteroatoms. The summed E-state index contributed by atoms with van der Waals surface area (Å²) in [6.45, 7) is 4.92. The molecule has 2 atom stereocenters. The number of fused-ring (bicyclic) bond motifs is 1. The Bertz CT molecular complexity index is 1540. The van der Waals surface area contributed by atoms with E-state index >= 15 is 0 Å². The SMILES string of the molecule is CCOc1ccccc1[C@H](Cn1c(=O)n(CC(C)C(=O)O)c(=O)c2c(-c3ncco3)c(C)sc21)OCCO. The minimum Gasteiger partial charge on any atom is -0.493 e. The van der Waals surface area contributed by atoms with Crippen LogP contribution in [0.5, 0.6) is 5.75 Å². The molecule has 1 aromatic carbocycles. The van der Waals surface area contributed by atoms with E-state index < -0.39 is 29.2 Å². The number of aliphatic hydroxyl groups is 1. The lowest BCUT2D eigenvalue weighted by Crippen LogP contribution is -2.42. The lowest BCUT2D eigenvalue weighted by atomic mass is 10.1. The molecule has 3 aromatic heterocycles. The van der Waals surface area contributed by atoms with Crippen LogP contribution in [0.15, 0.2) is 50.7 Å². The number of aliphatic carboxylic acids is 1. The average Bonchev–Trinajstić information content (AvgIpc) is 3.54. The summed E-state index contributed by atoms with van der Waals surface area (Å²) in [5, 5.41) is 19.2. The zero-order valence-electron chi connectivity index (χ0n) is 21.2. The Balaban J connectivity index is 1.97. The van der Waals surface area contributed by atoms with E-state index in [1.807, 2.05) is 25.1 Å². The number of hydrogen-bond acceptors (Lipinski definition) is 9. The van der Waals surface area contributed by atoms with Gasteiger partial charge in [-0.05, 0) is 19.9 Å². The molecule has 0 aliphatic carbocycles. The number of rotatable bonds is 12. The maximum atomic E-state index is 13.8. The third-order valence-electron chi connectivity index (χ3n) is 6.08. The van der Waals surface area contributed by atoms with Gasteiger partial charge in [0.25, 0.3) is 5.56 Å². The van der Waals surface area contributed by atoms with Crippen molar-refractivity contribution in [2.24, 2.45) is 5.92 Å². The number of ether oxygens (including phenoxy) is 2. The third-order valence-corrected chi connectivity index (χ3v) is 7.21. The second-order valence-electron chi connectivity index (χ2n) is 8.65. The Morgan fingerprint density at radius 2 is 1.97 bits per heavy atom. The molecule has 0 fully saturated rings. The van der Waals surface area contributed by atoms with Crippen molar-refractivity contribution in [3.63, 3.8) is 0 Å². The van der Waals surface area contributed by atoms with E-state index in [1.54, 1.807) is 13.0 Å². The van der Waals surface area contributed by atoms with Gasteiger partial charge in [0.2, 0.25) is 5.89 Å². The maximum Gasteiger partial charge on any atom is 0.332 e. The van der Waals surface area contributed by atoms with E-state index in [-0.39, 0.29) is 37.6 Å². The Morgan fingerprint density at radius 1 is 1.21 bits per heavy atom. The quantitative estimate of drug-likeness (QED) is 0.275. The van der Waals surface area contributed by atoms with E-state index in [1.165, 1.54) is 35.3 Å². The highest BCUT2D eigenvalue weighted by Gasteiger charge is 2.27.